The molecule has 5 heteroatoms. The van der Waals surface area contributed by atoms with Crippen LogP contribution >= 0.6 is 11.6 Å². The highest BCUT2D eigenvalue weighted by Crippen LogP contribution is 2.33. The van der Waals surface area contributed by atoms with Crippen molar-refractivity contribution in [2.24, 2.45) is 11.8 Å². The fraction of sp³-hybridized carbons (Fsp3) is 0.429. The number of benzene rings is 1. The number of carbonyl (C=O) groups excluding carboxylic acids is 1. The Bertz CT molecular complexity index is 515. The Kier molecular flexibility index (Phi) is 4.10. The predicted molar refractivity (Wildman–Crippen MR) is 73.5 cm³/mol. The SMILES string of the molecule is CC1CCCC1C(=O)Nc1cccc(Cl)c1C(=O)O. The highest BCUT2D eigenvalue weighted by atomic mass is 35.5. The Balaban J connectivity index is 2.21. The van der Waals surface area contributed by atoms with Crippen molar-refractivity contribution in [2.75, 3.05) is 5.32 Å². The summed E-state index contributed by atoms with van der Waals surface area (Å²) in [4.78, 5) is 23.3. The number of carboxylic acid groups (broad SMARTS) is 1. The summed E-state index contributed by atoms with van der Waals surface area (Å²) in [5.41, 5.74) is 0.215. The van der Waals surface area contributed by atoms with E-state index in [0.29, 0.717) is 5.92 Å². The number of hydrogen-bond acceptors (Lipinski definition) is 2. The van der Waals surface area contributed by atoms with Crippen LogP contribution in [-0.4, -0.2) is 17.0 Å². The maximum Gasteiger partial charge on any atom is 0.339 e. The molecule has 19 heavy (non-hydrogen) atoms. The molecular weight excluding hydrogens is 266 g/mol. The Morgan fingerprint density at radius 1 is 1.37 bits per heavy atom. The predicted octanol–water partition coefficient (Wildman–Crippen LogP) is 3.41. The van der Waals surface area contributed by atoms with Crippen molar-refractivity contribution < 1.29 is 14.7 Å². The lowest BCUT2D eigenvalue weighted by molar-refractivity contribution is -0.120. The van der Waals surface area contributed by atoms with Gasteiger partial charge in [0.15, 0.2) is 0 Å². The number of rotatable bonds is 3. The van der Waals surface area contributed by atoms with Crippen molar-refractivity contribution in [3.05, 3.63) is 28.8 Å². The number of aromatic carboxylic acids is 1. The second kappa shape index (κ2) is 5.61. The van der Waals surface area contributed by atoms with E-state index in [9.17, 15) is 9.59 Å². The Labute approximate surface area is 116 Å². The Morgan fingerprint density at radius 3 is 2.68 bits per heavy atom. The molecule has 1 aliphatic carbocycles. The normalized spacial score (nSPS) is 22.2. The number of nitrogens with one attached hydrogen (secondary N) is 1. The van der Waals surface area contributed by atoms with Crippen LogP contribution in [0.4, 0.5) is 5.69 Å². The Hall–Kier alpha value is -1.55. The Morgan fingerprint density at radius 2 is 2.11 bits per heavy atom. The third kappa shape index (κ3) is 2.89. The minimum absolute atomic E-state index is 0.0411. The van der Waals surface area contributed by atoms with Crippen molar-refractivity contribution in [2.45, 2.75) is 26.2 Å². The summed E-state index contributed by atoms with van der Waals surface area (Å²) in [6.07, 6.45) is 2.94. The molecule has 2 unspecified atom stereocenters. The zero-order chi connectivity index (χ0) is 14.0. The van der Waals surface area contributed by atoms with Crippen LogP contribution in [0.25, 0.3) is 0 Å². The minimum Gasteiger partial charge on any atom is -0.478 e. The number of halogens is 1. The van der Waals surface area contributed by atoms with Crippen molar-refractivity contribution in [3.63, 3.8) is 0 Å². The molecule has 102 valence electrons. The quantitative estimate of drug-likeness (QED) is 0.892. The van der Waals surface area contributed by atoms with E-state index in [-0.39, 0.29) is 28.1 Å². The van der Waals surface area contributed by atoms with Crippen LogP contribution in [-0.2, 0) is 4.79 Å². The number of carbonyl (C=O) groups is 2. The monoisotopic (exact) mass is 281 g/mol. The minimum atomic E-state index is -1.14. The topological polar surface area (TPSA) is 66.4 Å². The molecule has 2 N–H and O–H groups in total. The highest BCUT2D eigenvalue weighted by molar-refractivity contribution is 6.34. The van der Waals surface area contributed by atoms with E-state index >= 15 is 0 Å². The van der Waals surface area contributed by atoms with Gasteiger partial charge >= 0.3 is 5.97 Å². The van der Waals surface area contributed by atoms with Crippen molar-refractivity contribution in [3.8, 4) is 0 Å². The molecule has 0 bridgehead atoms. The van der Waals surface area contributed by atoms with E-state index in [4.69, 9.17) is 16.7 Å². The number of anilines is 1. The first kappa shape index (κ1) is 13.9. The van der Waals surface area contributed by atoms with Gasteiger partial charge in [-0.3, -0.25) is 4.79 Å². The molecule has 1 fully saturated rings. The van der Waals surface area contributed by atoms with Gasteiger partial charge in [-0.2, -0.15) is 0 Å². The summed E-state index contributed by atoms with van der Waals surface area (Å²) in [6, 6.07) is 4.69. The van der Waals surface area contributed by atoms with E-state index in [0.717, 1.165) is 19.3 Å². The molecule has 2 rings (SSSR count). The van der Waals surface area contributed by atoms with Gasteiger partial charge in [0.1, 0.15) is 5.56 Å². The molecular formula is C14H16ClNO3. The van der Waals surface area contributed by atoms with Crippen LogP contribution in [0, 0.1) is 11.8 Å². The molecule has 1 saturated carbocycles. The molecule has 1 amide bonds. The summed E-state index contributed by atoms with van der Waals surface area (Å²) in [7, 11) is 0. The molecule has 0 radical (unpaired) electrons. The van der Waals surface area contributed by atoms with Gasteiger partial charge in [0, 0.05) is 5.92 Å². The van der Waals surface area contributed by atoms with E-state index < -0.39 is 5.97 Å². The average molecular weight is 282 g/mol. The second-order valence-corrected chi connectivity index (χ2v) is 5.38. The van der Waals surface area contributed by atoms with Crippen molar-refractivity contribution in [1.82, 2.24) is 0 Å². The van der Waals surface area contributed by atoms with Gasteiger partial charge in [-0.05, 0) is 30.9 Å². The average Bonchev–Trinajstić information content (AvgIpc) is 2.75. The first-order valence-electron chi connectivity index (χ1n) is 6.33. The van der Waals surface area contributed by atoms with Crippen LogP contribution in [0.15, 0.2) is 18.2 Å². The summed E-state index contributed by atoms with van der Waals surface area (Å²) in [6.45, 7) is 2.05. The molecule has 0 heterocycles. The number of amides is 1. The molecule has 0 aromatic heterocycles. The third-order valence-corrected chi connectivity index (χ3v) is 4.00. The van der Waals surface area contributed by atoms with Gasteiger partial charge in [-0.1, -0.05) is 31.0 Å². The van der Waals surface area contributed by atoms with E-state index in [1.54, 1.807) is 12.1 Å². The fourth-order valence-electron chi connectivity index (χ4n) is 2.61. The molecule has 0 saturated heterocycles. The zero-order valence-corrected chi connectivity index (χ0v) is 11.4. The lowest BCUT2D eigenvalue weighted by Crippen LogP contribution is -2.25. The van der Waals surface area contributed by atoms with Crippen LogP contribution < -0.4 is 5.32 Å². The molecule has 0 aliphatic heterocycles. The lowest BCUT2D eigenvalue weighted by Gasteiger charge is -2.16. The summed E-state index contributed by atoms with van der Waals surface area (Å²) < 4.78 is 0. The smallest absolute Gasteiger partial charge is 0.339 e. The van der Waals surface area contributed by atoms with Gasteiger partial charge in [-0.15, -0.1) is 0 Å². The van der Waals surface area contributed by atoms with Gasteiger partial charge in [0.05, 0.1) is 10.7 Å². The standard InChI is InChI=1S/C14H16ClNO3/c1-8-4-2-5-9(8)13(17)16-11-7-3-6-10(15)12(11)14(18)19/h3,6-9H,2,4-5H2,1H3,(H,16,17)(H,18,19). The summed E-state index contributed by atoms with van der Waals surface area (Å²) >= 11 is 5.86. The molecule has 1 aromatic rings. The molecule has 1 aromatic carbocycles. The van der Waals surface area contributed by atoms with Crippen LogP contribution in [0.2, 0.25) is 5.02 Å². The van der Waals surface area contributed by atoms with Crippen LogP contribution in [0.3, 0.4) is 0 Å². The lowest BCUT2D eigenvalue weighted by atomic mass is 9.97. The summed E-state index contributed by atoms with van der Waals surface area (Å²) in [5.74, 6) is -0.955. The zero-order valence-electron chi connectivity index (χ0n) is 10.6. The van der Waals surface area contributed by atoms with Gasteiger partial charge in [-0.25, -0.2) is 4.79 Å². The molecule has 0 spiro atoms. The number of hydrogen-bond donors (Lipinski definition) is 2. The van der Waals surface area contributed by atoms with Crippen LogP contribution in [0.1, 0.15) is 36.5 Å². The van der Waals surface area contributed by atoms with Gasteiger partial charge in [0.25, 0.3) is 0 Å². The third-order valence-electron chi connectivity index (χ3n) is 3.68. The summed E-state index contributed by atoms with van der Waals surface area (Å²) in [5, 5.41) is 12.0. The van der Waals surface area contributed by atoms with Gasteiger partial charge < -0.3 is 10.4 Å². The molecule has 2 atom stereocenters. The molecule has 1 aliphatic rings. The molecule has 4 nitrogen and oxygen atoms in total. The number of carboxylic acids is 1. The van der Waals surface area contributed by atoms with Crippen molar-refractivity contribution in [1.29, 1.82) is 0 Å². The highest BCUT2D eigenvalue weighted by Gasteiger charge is 2.30. The largest absolute Gasteiger partial charge is 0.478 e. The second-order valence-electron chi connectivity index (χ2n) is 4.97. The van der Waals surface area contributed by atoms with E-state index in [1.165, 1.54) is 6.07 Å². The fourth-order valence-corrected chi connectivity index (χ4v) is 2.86. The maximum atomic E-state index is 12.2. The van der Waals surface area contributed by atoms with Crippen LogP contribution in [0.5, 0.6) is 0 Å². The van der Waals surface area contributed by atoms with Crippen molar-refractivity contribution >= 4 is 29.2 Å². The maximum absolute atomic E-state index is 12.2. The first-order valence-corrected chi connectivity index (χ1v) is 6.71. The first-order chi connectivity index (χ1) is 9.00. The van der Waals surface area contributed by atoms with E-state index in [1.807, 2.05) is 6.92 Å². The van der Waals surface area contributed by atoms with Gasteiger partial charge in [0.2, 0.25) is 5.91 Å². The van der Waals surface area contributed by atoms with E-state index in [2.05, 4.69) is 5.32 Å².